The van der Waals surface area contributed by atoms with Crippen molar-refractivity contribution in [2.75, 3.05) is 7.05 Å². The molecule has 0 aliphatic carbocycles. The molecule has 0 heterocycles. The van der Waals surface area contributed by atoms with Gasteiger partial charge >= 0.3 is 0 Å². The van der Waals surface area contributed by atoms with Crippen LogP contribution >= 0.6 is 15.9 Å². The zero-order valence-corrected chi connectivity index (χ0v) is 12.4. The van der Waals surface area contributed by atoms with Crippen molar-refractivity contribution in [1.29, 1.82) is 0 Å². The van der Waals surface area contributed by atoms with E-state index in [1.807, 2.05) is 0 Å². The van der Waals surface area contributed by atoms with Gasteiger partial charge in [-0.1, -0.05) is 15.9 Å². The van der Waals surface area contributed by atoms with Crippen LogP contribution in [0.1, 0.15) is 5.56 Å². The Morgan fingerprint density at radius 2 is 1.62 bits per heavy atom. The van der Waals surface area contributed by atoms with Gasteiger partial charge in [-0.05, 0) is 36.9 Å². The van der Waals surface area contributed by atoms with Crippen molar-refractivity contribution in [2.45, 2.75) is 6.54 Å². The van der Waals surface area contributed by atoms with Crippen LogP contribution in [0.3, 0.4) is 0 Å². The molecule has 0 spiro atoms. The van der Waals surface area contributed by atoms with Crippen LogP contribution in [-0.4, -0.2) is 7.05 Å². The minimum Gasteiger partial charge on any atom is -0.448 e. The molecule has 0 aromatic heterocycles. The van der Waals surface area contributed by atoms with E-state index >= 15 is 0 Å². The first kappa shape index (κ1) is 15.8. The molecule has 2 aromatic carbocycles. The predicted molar refractivity (Wildman–Crippen MR) is 73.3 cm³/mol. The number of ether oxygens (including phenoxy) is 1. The molecule has 0 bridgehead atoms. The van der Waals surface area contributed by atoms with E-state index in [1.54, 1.807) is 7.05 Å². The minimum atomic E-state index is -1.32. The van der Waals surface area contributed by atoms with Gasteiger partial charge in [0.05, 0.1) is 0 Å². The lowest BCUT2D eigenvalue weighted by Gasteiger charge is -2.11. The Morgan fingerprint density at radius 3 is 2.19 bits per heavy atom. The van der Waals surface area contributed by atoms with Gasteiger partial charge in [0.1, 0.15) is 0 Å². The van der Waals surface area contributed by atoms with Crippen LogP contribution in [0.25, 0.3) is 0 Å². The molecule has 0 unspecified atom stereocenters. The first-order valence-corrected chi connectivity index (χ1v) is 6.66. The summed E-state index contributed by atoms with van der Waals surface area (Å²) >= 11 is 2.95. The second kappa shape index (κ2) is 6.44. The van der Waals surface area contributed by atoms with Crippen molar-refractivity contribution in [3.05, 3.63) is 57.6 Å². The molecule has 1 N–H and O–H groups in total. The molecule has 112 valence electrons. The average molecular weight is 364 g/mol. The zero-order valence-electron chi connectivity index (χ0n) is 10.8. The number of hydrogen-bond acceptors (Lipinski definition) is 2. The number of rotatable bonds is 4. The van der Waals surface area contributed by atoms with Crippen LogP contribution in [0.4, 0.5) is 17.6 Å². The molecule has 0 aliphatic heterocycles. The third kappa shape index (κ3) is 3.54. The Labute approximate surface area is 126 Å². The molecule has 2 aromatic rings. The van der Waals surface area contributed by atoms with E-state index in [0.29, 0.717) is 5.56 Å². The fourth-order valence-corrected chi connectivity index (χ4v) is 2.14. The summed E-state index contributed by atoms with van der Waals surface area (Å²) < 4.78 is 59.5. The Morgan fingerprint density at radius 1 is 1.00 bits per heavy atom. The number of hydrogen-bond donors (Lipinski definition) is 1. The molecule has 0 fully saturated rings. The molecule has 0 radical (unpaired) electrons. The molecule has 0 aliphatic rings. The van der Waals surface area contributed by atoms with E-state index in [4.69, 9.17) is 4.74 Å². The van der Waals surface area contributed by atoms with Gasteiger partial charge in [-0.15, -0.1) is 0 Å². The first-order valence-electron chi connectivity index (χ1n) is 5.87. The molecule has 0 atom stereocenters. The Kier molecular flexibility index (Phi) is 4.84. The highest BCUT2D eigenvalue weighted by Gasteiger charge is 2.18. The molecule has 0 amide bonds. The summed E-state index contributed by atoms with van der Waals surface area (Å²) in [5.74, 6) is -5.91. The van der Waals surface area contributed by atoms with Gasteiger partial charge in [0.15, 0.2) is 29.0 Å². The summed E-state index contributed by atoms with van der Waals surface area (Å²) in [7, 11) is 1.62. The molecule has 0 saturated heterocycles. The van der Waals surface area contributed by atoms with E-state index in [0.717, 1.165) is 24.3 Å². The maximum atomic E-state index is 13.8. The number of nitrogens with one attached hydrogen (secondary N) is 1. The maximum Gasteiger partial charge on any atom is 0.201 e. The lowest BCUT2D eigenvalue weighted by molar-refractivity contribution is 0.374. The third-order valence-electron chi connectivity index (χ3n) is 2.61. The summed E-state index contributed by atoms with van der Waals surface area (Å²) in [5, 5.41) is 2.74. The summed E-state index contributed by atoms with van der Waals surface area (Å²) in [4.78, 5) is 0. The van der Waals surface area contributed by atoms with E-state index in [-0.39, 0.29) is 11.0 Å². The molecular weight excluding hydrogens is 354 g/mol. The van der Waals surface area contributed by atoms with Crippen molar-refractivity contribution in [2.24, 2.45) is 0 Å². The van der Waals surface area contributed by atoms with E-state index in [2.05, 4.69) is 21.2 Å². The predicted octanol–water partition coefficient (Wildman–Crippen LogP) is 4.52. The lowest BCUT2D eigenvalue weighted by atomic mass is 10.2. The molecule has 2 rings (SSSR count). The molecule has 7 heteroatoms. The van der Waals surface area contributed by atoms with Gasteiger partial charge < -0.3 is 10.1 Å². The normalized spacial score (nSPS) is 10.8. The summed E-state index contributed by atoms with van der Waals surface area (Å²) in [6, 6.07) is 4.08. The quantitative estimate of drug-likeness (QED) is 0.637. The molecule has 21 heavy (non-hydrogen) atoms. The summed E-state index contributed by atoms with van der Waals surface area (Å²) in [6.07, 6.45) is 0. The molecular formula is C14H10BrF4NO. The Bertz CT molecular complexity index is 655. The van der Waals surface area contributed by atoms with E-state index in [9.17, 15) is 17.6 Å². The van der Waals surface area contributed by atoms with E-state index < -0.39 is 34.8 Å². The van der Waals surface area contributed by atoms with Crippen LogP contribution in [0.15, 0.2) is 28.7 Å². The van der Waals surface area contributed by atoms with Crippen LogP contribution in [0.2, 0.25) is 0 Å². The number of halogens is 5. The SMILES string of the molecule is CNCc1cc(F)c(Oc2cc(Br)cc(F)c2F)c(F)c1. The van der Waals surface area contributed by atoms with E-state index in [1.165, 1.54) is 0 Å². The lowest BCUT2D eigenvalue weighted by Crippen LogP contribution is -2.06. The Balaban J connectivity index is 2.40. The van der Waals surface area contributed by atoms with Gasteiger partial charge in [-0.3, -0.25) is 0 Å². The largest absolute Gasteiger partial charge is 0.448 e. The second-order valence-electron chi connectivity index (χ2n) is 4.22. The van der Waals surface area contributed by atoms with Gasteiger partial charge in [-0.2, -0.15) is 4.39 Å². The summed E-state index contributed by atoms with van der Waals surface area (Å²) in [5.41, 5.74) is 0.362. The van der Waals surface area contributed by atoms with Crippen LogP contribution < -0.4 is 10.1 Å². The van der Waals surface area contributed by atoms with Crippen LogP contribution in [0.5, 0.6) is 11.5 Å². The van der Waals surface area contributed by atoms with Crippen molar-refractivity contribution in [1.82, 2.24) is 5.32 Å². The van der Waals surface area contributed by atoms with Crippen molar-refractivity contribution >= 4 is 15.9 Å². The van der Waals surface area contributed by atoms with Gasteiger partial charge in [0, 0.05) is 11.0 Å². The van der Waals surface area contributed by atoms with Gasteiger partial charge in [-0.25, -0.2) is 13.2 Å². The highest BCUT2D eigenvalue weighted by atomic mass is 79.9. The zero-order chi connectivity index (χ0) is 15.6. The van der Waals surface area contributed by atoms with Crippen molar-refractivity contribution in [3.8, 4) is 11.5 Å². The van der Waals surface area contributed by atoms with Gasteiger partial charge in [0.2, 0.25) is 5.82 Å². The van der Waals surface area contributed by atoms with Crippen LogP contribution in [-0.2, 0) is 6.54 Å². The fraction of sp³-hybridized carbons (Fsp3) is 0.143. The number of benzene rings is 2. The maximum absolute atomic E-state index is 13.8. The average Bonchev–Trinajstić information content (AvgIpc) is 2.39. The Hall–Kier alpha value is -1.60. The molecule has 2 nitrogen and oxygen atoms in total. The van der Waals surface area contributed by atoms with Crippen molar-refractivity contribution in [3.63, 3.8) is 0 Å². The highest BCUT2D eigenvalue weighted by molar-refractivity contribution is 9.10. The van der Waals surface area contributed by atoms with Gasteiger partial charge in [0.25, 0.3) is 0 Å². The standard InChI is InChI=1S/C14H10BrF4NO/c1-20-6-7-2-10(17)14(11(18)3-7)21-12-5-8(15)4-9(16)13(12)19/h2-5,20H,6H2,1H3. The topological polar surface area (TPSA) is 21.3 Å². The highest BCUT2D eigenvalue weighted by Crippen LogP contribution is 2.33. The van der Waals surface area contributed by atoms with Crippen LogP contribution in [0, 0.1) is 23.3 Å². The second-order valence-corrected chi connectivity index (χ2v) is 5.14. The first-order chi connectivity index (χ1) is 9.92. The fourth-order valence-electron chi connectivity index (χ4n) is 1.73. The monoisotopic (exact) mass is 363 g/mol. The molecule has 0 saturated carbocycles. The third-order valence-corrected chi connectivity index (χ3v) is 3.07. The summed E-state index contributed by atoms with van der Waals surface area (Å²) in [6.45, 7) is 0.258. The van der Waals surface area contributed by atoms with Crippen molar-refractivity contribution < 1.29 is 22.3 Å². The minimum absolute atomic E-state index is 0.184. The smallest absolute Gasteiger partial charge is 0.201 e.